The molecule has 0 saturated heterocycles. The maximum atomic E-state index is 6.08. The highest BCUT2D eigenvalue weighted by molar-refractivity contribution is 7.27. The van der Waals surface area contributed by atoms with E-state index < -0.39 is 0 Å². The van der Waals surface area contributed by atoms with E-state index in [4.69, 9.17) is 58.7 Å². The minimum atomic E-state index is -0.142. The lowest BCUT2D eigenvalue weighted by molar-refractivity contribution is 0.540. The number of benzene rings is 12. The molecule has 0 aliphatic heterocycles. The van der Waals surface area contributed by atoms with Crippen molar-refractivity contribution in [3.8, 4) is 67.4 Å². The maximum Gasteiger partial charge on any atom is 0.231 e. The Kier molecular flexibility index (Phi) is 22.0. The molecule has 22 rings (SSSR count). The molecule has 0 saturated carbocycles. The lowest BCUT2D eigenvalue weighted by atomic mass is 9.94. The van der Waals surface area contributed by atoms with E-state index in [-0.39, 0.29) is 27.1 Å². The van der Waals surface area contributed by atoms with Gasteiger partial charge in [-0.25, -0.2) is 44.9 Å². The Morgan fingerprint density at radius 1 is 0.224 bits per heavy atom. The molecular formula is C110H96N10O2S3. The summed E-state index contributed by atoms with van der Waals surface area (Å²) >= 11 is 5.31. The summed E-state index contributed by atoms with van der Waals surface area (Å²) in [4.78, 5) is 50.2. The van der Waals surface area contributed by atoms with Crippen molar-refractivity contribution >= 4 is 150 Å². The fraction of sp³-hybridized carbons (Fsp3) is 0.182. The SMILES string of the molecule is CC(C)(C)c1nc(-c2ccc(-c3ccccc3)cc2)c2c(n1)sc1ccccc12.CC(C)(C)c1nc(-c2cccc3ccccc23)c2sc3ccccc3c2n1.CC(C)(C)c1nc(-c2ccccc2)c2c(n1)oc1ccccc12.CC(C)(C)c1nc(-c2ccccc2)c2oc3ccccc3c2n1.CC(C)(C)c1nc(-c2ccccc2)c2sc3ccccc3c2n1. The minimum absolute atomic E-state index is 0.0826. The fourth-order valence-corrected chi connectivity index (χ4v) is 18.7. The molecule has 0 aliphatic rings. The van der Waals surface area contributed by atoms with E-state index >= 15 is 0 Å². The topological polar surface area (TPSA) is 155 Å². The molecule has 22 aromatic rings. The van der Waals surface area contributed by atoms with Crippen molar-refractivity contribution in [2.75, 3.05) is 0 Å². The van der Waals surface area contributed by atoms with E-state index in [1.165, 1.54) is 67.1 Å². The van der Waals surface area contributed by atoms with Crippen molar-refractivity contribution in [2.45, 2.75) is 131 Å². The van der Waals surface area contributed by atoms with Crippen LogP contribution in [0.5, 0.6) is 0 Å². The first-order valence-electron chi connectivity index (χ1n) is 42.4. The highest BCUT2D eigenvalue weighted by atomic mass is 32.1. The molecule has 10 aromatic heterocycles. The van der Waals surface area contributed by atoms with Gasteiger partial charge < -0.3 is 8.83 Å². The van der Waals surface area contributed by atoms with Crippen LogP contribution in [-0.4, -0.2) is 49.8 Å². The molecule has 0 bridgehead atoms. The maximum absolute atomic E-state index is 6.08. The number of nitrogens with zero attached hydrogens (tertiary/aromatic N) is 10. The normalized spacial score (nSPS) is 12.1. The van der Waals surface area contributed by atoms with E-state index in [0.29, 0.717) is 5.71 Å². The largest absolute Gasteiger partial charge is 0.452 e. The number of aromatic nitrogens is 10. The standard InChI is InChI=1S/C26H22N2S.C24H20N2S.2C20H18N2O.C20H18N2S/c1-26(2,3)25-27-23(22-20-11-7-8-12-21(20)29-24(22)28-25)19-15-13-18(14-16-19)17-9-5-4-6-10-17;1-24(2,3)23-25-20(17-13-8-10-15-9-4-5-11-16(15)17)22-21(26-23)18-12-6-7-14-19(18)27-22;1-20(2,3)19-21-17(13-9-5-4-6-10-13)16-14-11-7-8-12-15(14)23-18(16)22-19;2*1-20(2,3)19-21-16(13-9-5-4-6-10-13)18-17(22-19)14-11-7-8-12-15(14)23-18/h4-16H,1-3H3;4-14H,1-3H3;3*4-12H,1-3H3. The molecule has 10 heterocycles. The monoisotopic (exact) mass is 1680 g/mol. The Hall–Kier alpha value is -13.4. The van der Waals surface area contributed by atoms with Crippen LogP contribution in [0.2, 0.25) is 0 Å². The van der Waals surface area contributed by atoms with E-state index in [1.54, 1.807) is 34.0 Å². The van der Waals surface area contributed by atoms with Gasteiger partial charge in [0.15, 0.2) is 5.58 Å². The number of para-hydroxylation sites is 2. The summed E-state index contributed by atoms with van der Waals surface area (Å²) < 4.78 is 18.2. The number of furan rings is 2. The molecule has 125 heavy (non-hydrogen) atoms. The van der Waals surface area contributed by atoms with Crippen LogP contribution in [0.15, 0.2) is 318 Å². The van der Waals surface area contributed by atoms with E-state index in [1.807, 2.05) is 84.9 Å². The Morgan fingerprint density at radius 2 is 0.568 bits per heavy atom. The summed E-state index contributed by atoms with van der Waals surface area (Å²) in [6.07, 6.45) is 0. The molecule has 0 spiro atoms. The zero-order chi connectivity index (χ0) is 86.7. The molecule has 0 amide bonds. The quantitative estimate of drug-likeness (QED) is 0.156. The average Bonchev–Trinajstić information content (AvgIpc) is 1.64. The molecule has 0 fully saturated rings. The van der Waals surface area contributed by atoms with Crippen LogP contribution in [-0.2, 0) is 27.1 Å². The Balaban J connectivity index is 0.000000106. The molecule has 0 unspecified atom stereocenters. The lowest BCUT2D eigenvalue weighted by Crippen LogP contribution is -2.16. The van der Waals surface area contributed by atoms with E-state index in [9.17, 15) is 0 Å². The summed E-state index contributed by atoms with van der Waals surface area (Å²) in [5.74, 6) is 4.30. The van der Waals surface area contributed by atoms with Crippen LogP contribution in [0.3, 0.4) is 0 Å². The summed E-state index contributed by atoms with van der Waals surface area (Å²) in [6, 6.07) is 107. The zero-order valence-electron chi connectivity index (χ0n) is 73.0. The predicted octanol–water partition coefficient (Wildman–Crippen LogP) is 30.9. The second kappa shape index (κ2) is 33.3. The Morgan fingerprint density at radius 3 is 1.10 bits per heavy atom. The number of fused-ring (bicyclic) bond motifs is 16. The van der Waals surface area contributed by atoms with Crippen molar-refractivity contribution in [3.63, 3.8) is 0 Å². The van der Waals surface area contributed by atoms with Gasteiger partial charge in [-0.2, -0.15) is 4.98 Å². The molecular weight excluding hydrogens is 1590 g/mol. The highest BCUT2D eigenvalue weighted by Gasteiger charge is 2.30. The second-order valence-corrected chi connectivity index (χ2v) is 39.8. The first-order valence-corrected chi connectivity index (χ1v) is 44.9. The molecule has 616 valence electrons. The van der Waals surface area contributed by atoms with Crippen molar-refractivity contribution in [3.05, 3.63) is 339 Å². The van der Waals surface area contributed by atoms with E-state index in [0.717, 1.165) is 140 Å². The zero-order valence-corrected chi connectivity index (χ0v) is 75.4. The number of thiophene rings is 3. The molecule has 0 atom stereocenters. The molecule has 12 aromatic carbocycles. The fourth-order valence-electron chi connectivity index (χ4n) is 15.4. The Bertz CT molecular complexity index is 7550. The van der Waals surface area contributed by atoms with Gasteiger partial charge in [-0.05, 0) is 58.3 Å². The first kappa shape index (κ1) is 82.5. The van der Waals surface area contributed by atoms with Crippen LogP contribution < -0.4 is 0 Å². The predicted molar refractivity (Wildman–Crippen MR) is 527 cm³/mol. The van der Waals surface area contributed by atoms with Crippen LogP contribution in [0.1, 0.15) is 133 Å². The molecule has 0 aliphatic carbocycles. The third kappa shape index (κ3) is 16.8. The van der Waals surface area contributed by atoms with Gasteiger partial charge in [-0.15, -0.1) is 34.0 Å². The van der Waals surface area contributed by atoms with Gasteiger partial charge in [0, 0.05) is 101 Å². The van der Waals surface area contributed by atoms with Crippen molar-refractivity contribution in [1.29, 1.82) is 0 Å². The molecule has 12 nitrogen and oxygen atoms in total. The van der Waals surface area contributed by atoms with Crippen LogP contribution in [0.25, 0.3) is 183 Å². The van der Waals surface area contributed by atoms with Crippen LogP contribution >= 0.6 is 34.0 Å². The summed E-state index contributed by atoms with van der Waals surface area (Å²) in [5, 5.41) is 10.4. The van der Waals surface area contributed by atoms with Crippen molar-refractivity contribution in [1.82, 2.24) is 49.8 Å². The van der Waals surface area contributed by atoms with Gasteiger partial charge in [0.25, 0.3) is 0 Å². The van der Waals surface area contributed by atoms with Crippen molar-refractivity contribution < 1.29 is 8.83 Å². The number of hydrogen-bond acceptors (Lipinski definition) is 15. The van der Waals surface area contributed by atoms with Gasteiger partial charge in [0.1, 0.15) is 56.3 Å². The highest BCUT2D eigenvalue weighted by Crippen LogP contribution is 2.46. The van der Waals surface area contributed by atoms with Gasteiger partial charge in [-0.1, -0.05) is 377 Å². The minimum Gasteiger partial charge on any atom is -0.452 e. The Labute approximate surface area is 740 Å². The molecule has 0 N–H and O–H groups in total. The summed E-state index contributed by atoms with van der Waals surface area (Å²) in [6.45, 7) is 32.3. The summed E-state index contributed by atoms with van der Waals surface area (Å²) in [7, 11) is 0. The molecule has 15 heteroatoms. The third-order valence-electron chi connectivity index (χ3n) is 21.9. The third-order valence-corrected chi connectivity index (χ3v) is 25.3. The number of hydrogen-bond donors (Lipinski definition) is 0. The van der Waals surface area contributed by atoms with Gasteiger partial charge in [0.05, 0.1) is 48.6 Å². The van der Waals surface area contributed by atoms with Gasteiger partial charge in [-0.3, -0.25) is 0 Å². The van der Waals surface area contributed by atoms with E-state index in [2.05, 4.69) is 328 Å². The second-order valence-electron chi connectivity index (χ2n) is 36.7. The van der Waals surface area contributed by atoms with Crippen LogP contribution in [0, 0.1) is 0 Å². The summed E-state index contributed by atoms with van der Waals surface area (Å²) in [5.41, 5.74) is 18.5. The molecule has 0 radical (unpaired) electrons. The smallest absolute Gasteiger partial charge is 0.231 e. The van der Waals surface area contributed by atoms with Gasteiger partial charge in [0.2, 0.25) is 5.71 Å². The lowest BCUT2D eigenvalue weighted by Gasteiger charge is -2.18. The van der Waals surface area contributed by atoms with Crippen LogP contribution in [0.4, 0.5) is 0 Å². The van der Waals surface area contributed by atoms with Gasteiger partial charge >= 0.3 is 0 Å². The number of rotatable bonds is 6. The first-order chi connectivity index (χ1) is 60.1. The average molecular weight is 1690 g/mol. The van der Waals surface area contributed by atoms with Crippen molar-refractivity contribution in [2.24, 2.45) is 0 Å².